The normalized spacial score (nSPS) is 12.0. The van der Waals surface area contributed by atoms with Gasteiger partial charge in [0.15, 0.2) is 0 Å². The standard InChI is InChI=1S/C17H10F6O4.C3H8/c18-16(19,20)15(17(21,22)23,11-5-1-3-9(7-11)13(24)25)12-6-2-4-10(8-12)14(26)27;1-3-2/h1-8H,(H,24,25)(H,26,27);3H2,1-2H3. The summed E-state index contributed by atoms with van der Waals surface area (Å²) in [5, 5.41) is 17.9. The van der Waals surface area contributed by atoms with Crippen molar-refractivity contribution in [1.29, 1.82) is 0 Å². The molecule has 2 aromatic carbocycles. The van der Waals surface area contributed by atoms with Crippen LogP contribution in [0.2, 0.25) is 0 Å². The van der Waals surface area contributed by atoms with E-state index in [1.165, 1.54) is 6.42 Å². The number of halogens is 6. The van der Waals surface area contributed by atoms with Crippen LogP contribution in [-0.4, -0.2) is 34.5 Å². The van der Waals surface area contributed by atoms with E-state index in [0.717, 1.165) is 24.3 Å². The predicted octanol–water partition coefficient (Wildman–Crippen LogP) is 5.91. The van der Waals surface area contributed by atoms with Gasteiger partial charge in [0.05, 0.1) is 11.1 Å². The summed E-state index contributed by atoms with van der Waals surface area (Å²) in [7, 11) is 0. The van der Waals surface area contributed by atoms with Gasteiger partial charge in [-0.2, -0.15) is 26.3 Å². The minimum atomic E-state index is -5.94. The molecule has 0 aliphatic heterocycles. The lowest BCUT2D eigenvalue weighted by Gasteiger charge is -2.38. The quantitative estimate of drug-likeness (QED) is 0.585. The average Bonchev–Trinajstić information content (AvgIpc) is 2.61. The van der Waals surface area contributed by atoms with Crippen molar-refractivity contribution in [2.45, 2.75) is 38.0 Å². The second-order valence-corrected chi connectivity index (χ2v) is 6.22. The van der Waals surface area contributed by atoms with Gasteiger partial charge in [0.25, 0.3) is 0 Å². The first kappa shape index (κ1) is 25.0. The van der Waals surface area contributed by atoms with Crippen LogP contribution in [0.5, 0.6) is 0 Å². The van der Waals surface area contributed by atoms with Crippen LogP contribution >= 0.6 is 0 Å². The maximum absolute atomic E-state index is 13.9. The largest absolute Gasteiger partial charge is 0.478 e. The minimum Gasteiger partial charge on any atom is -0.478 e. The fraction of sp³-hybridized carbons (Fsp3) is 0.300. The molecule has 0 aromatic heterocycles. The van der Waals surface area contributed by atoms with Crippen LogP contribution in [-0.2, 0) is 5.41 Å². The zero-order valence-corrected chi connectivity index (χ0v) is 15.8. The highest BCUT2D eigenvalue weighted by molar-refractivity contribution is 5.88. The fourth-order valence-electron chi connectivity index (χ4n) is 2.75. The number of alkyl halides is 6. The van der Waals surface area contributed by atoms with Crippen LogP contribution in [0.1, 0.15) is 52.1 Å². The zero-order valence-electron chi connectivity index (χ0n) is 15.8. The van der Waals surface area contributed by atoms with Gasteiger partial charge < -0.3 is 10.2 Å². The Balaban J connectivity index is 0.00000141. The molecule has 0 atom stereocenters. The van der Waals surface area contributed by atoms with Crippen molar-refractivity contribution in [2.24, 2.45) is 0 Å². The molecular weight excluding hydrogens is 418 g/mol. The number of rotatable bonds is 4. The predicted molar refractivity (Wildman–Crippen MR) is 95.7 cm³/mol. The van der Waals surface area contributed by atoms with Crippen molar-refractivity contribution in [3.63, 3.8) is 0 Å². The minimum absolute atomic E-state index is 0.275. The van der Waals surface area contributed by atoms with Gasteiger partial charge in [-0.05, 0) is 35.4 Å². The molecule has 0 aliphatic rings. The molecular formula is C20H18F6O4. The summed E-state index contributed by atoms with van der Waals surface area (Å²) in [6, 6.07) is 4.75. The van der Waals surface area contributed by atoms with E-state index in [0.29, 0.717) is 12.1 Å². The molecule has 10 heteroatoms. The molecule has 0 amide bonds. The third kappa shape index (κ3) is 4.74. The summed E-state index contributed by atoms with van der Waals surface area (Å²) in [5.74, 6) is -3.43. The van der Waals surface area contributed by atoms with Crippen molar-refractivity contribution in [3.8, 4) is 0 Å². The Morgan fingerprint density at radius 1 is 0.733 bits per heavy atom. The summed E-state index contributed by atoms with van der Waals surface area (Å²) in [6.45, 7) is 4.25. The van der Waals surface area contributed by atoms with Crippen molar-refractivity contribution < 1.29 is 46.1 Å². The summed E-state index contributed by atoms with van der Waals surface area (Å²) in [4.78, 5) is 22.0. The van der Waals surface area contributed by atoms with Crippen LogP contribution in [0, 0.1) is 0 Å². The number of carbonyl (C=O) groups is 2. The number of benzene rings is 2. The molecule has 0 bridgehead atoms. The summed E-state index contributed by atoms with van der Waals surface area (Å²) >= 11 is 0. The Morgan fingerprint density at radius 3 is 1.27 bits per heavy atom. The van der Waals surface area contributed by atoms with Crippen molar-refractivity contribution in [3.05, 3.63) is 70.8 Å². The molecule has 0 spiro atoms. The van der Waals surface area contributed by atoms with Crippen LogP contribution in [0.4, 0.5) is 26.3 Å². The Kier molecular flexibility index (Phi) is 7.65. The second-order valence-electron chi connectivity index (χ2n) is 6.22. The van der Waals surface area contributed by atoms with Gasteiger partial charge in [-0.1, -0.05) is 44.5 Å². The Hall–Kier alpha value is -3.04. The molecule has 2 N–H and O–H groups in total. The SMILES string of the molecule is CCC.O=C(O)c1cccc(C(c2cccc(C(=O)O)c2)(C(F)(F)F)C(F)(F)F)c1. The molecule has 30 heavy (non-hydrogen) atoms. The van der Waals surface area contributed by atoms with E-state index in [4.69, 9.17) is 10.2 Å². The summed E-state index contributed by atoms with van der Waals surface area (Å²) in [5.41, 5.74) is -8.94. The molecule has 0 radical (unpaired) electrons. The molecule has 0 saturated heterocycles. The molecule has 0 heterocycles. The molecule has 0 aliphatic carbocycles. The van der Waals surface area contributed by atoms with Gasteiger partial charge in [-0.3, -0.25) is 0 Å². The second kappa shape index (κ2) is 9.19. The fourth-order valence-corrected chi connectivity index (χ4v) is 2.75. The Labute approximate surface area is 167 Å². The zero-order chi connectivity index (χ0) is 23.3. The highest BCUT2D eigenvalue weighted by atomic mass is 19.4. The molecule has 2 aromatic rings. The van der Waals surface area contributed by atoms with Crippen LogP contribution in [0.25, 0.3) is 0 Å². The Bertz CT molecular complexity index is 829. The van der Waals surface area contributed by atoms with E-state index in [1.54, 1.807) is 0 Å². The summed E-state index contributed by atoms with van der Waals surface area (Å²) in [6.07, 6.45) is -10.6. The molecule has 0 saturated carbocycles. The van der Waals surface area contributed by atoms with Gasteiger partial charge in [-0.25, -0.2) is 9.59 Å². The number of carboxylic acid groups (broad SMARTS) is 2. The van der Waals surface area contributed by atoms with Crippen LogP contribution in [0.3, 0.4) is 0 Å². The first-order valence-electron chi connectivity index (χ1n) is 8.55. The Morgan fingerprint density at radius 2 is 1.03 bits per heavy atom. The number of aromatic carboxylic acids is 2. The first-order valence-corrected chi connectivity index (χ1v) is 8.55. The topological polar surface area (TPSA) is 74.6 Å². The van der Waals surface area contributed by atoms with Gasteiger partial charge in [0.2, 0.25) is 5.41 Å². The molecule has 0 fully saturated rings. The van der Waals surface area contributed by atoms with E-state index in [-0.39, 0.29) is 12.1 Å². The first-order chi connectivity index (χ1) is 13.7. The van der Waals surface area contributed by atoms with E-state index < -0.39 is 52.0 Å². The van der Waals surface area contributed by atoms with Crippen molar-refractivity contribution in [2.75, 3.05) is 0 Å². The van der Waals surface area contributed by atoms with Gasteiger partial charge in [0.1, 0.15) is 0 Å². The number of hydrogen-bond acceptors (Lipinski definition) is 2. The highest BCUT2D eigenvalue weighted by Crippen LogP contribution is 2.56. The molecule has 4 nitrogen and oxygen atoms in total. The van der Waals surface area contributed by atoms with E-state index in [1.807, 2.05) is 0 Å². The third-order valence-electron chi connectivity index (χ3n) is 3.94. The van der Waals surface area contributed by atoms with E-state index >= 15 is 0 Å². The lowest BCUT2D eigenvalue weighted by atomic mass is 9.72. The molecule has 0 unspecified atom stereocenters. The van der Waals surface area contributed by atoms with E-state index in [9.17, 15) is 35.9 Å². The third-order valence-corrected chi connectivity index (χ3v) is 3.94. The molecule has 164 valence electrons. The lowest BCUT2D eigenvalue weighted by molar-refractivity contribution is -0.288. The van der Waals surface area contributed by atoms with Crippen LogP contribution in [0.15, 0.2) is 48.5 Å². The smallest absolute Gasteiger partial charge is 0.411 e. The van der Waals surface area contributed by atoms with Crippen molar-refractivity contribution >= 4 is 11.9 Å². The molecule has 2 rings (SSSR count). The summed E-state index contributed by atoms with van der Waals surface area (Å²) < 4.78 is 83.4. The van der Waals surface area contributed by atoms with E-state index in [2.05, 4.69) is 13.8 Å². The van der Waals surface area contributed by atoms with Gasteiger partial charge in [-0.15, -0.1) is 0 Å². The number of carboxylic acids is 2. The van der Waals surface area contributed by atoms with Gasteiger partial charge in [0, 0.05) is 0 Å². The van der Waals surface area contributed by atoms with Gasteiger partial charge >= 0.3 is 24.3 Å². The number of hydrogen-bond donors (Lipinski definition) is 2. The maximum Gasteiger partial charge on any atom is 0.411 e. The average molecular weight is 436 g/mol. The van der Waals surface area contributed by atoms with Crippen LogP contribution < -0.4 is 0 Å². The maximum atomic E-state index is 13.9. The monoisotopic (exact) mass is 436 g/mol. The highest BCUT2D eigenvalue weighted by Gasteiger charge is 2.72. The van der Waals surface area contributed by atoms with Crippen molar-refractivity contribution in [1.82, 2.24) is 0 Å². The lowest BCUT2D eigenvalue weighted by Crippen LogP contribution is -2.54.